The molecule has 1 fully saturated rings. The van der Waals surface area contributed by atoms with Crippen molar-refractivity contribution in [3.63, 3.8) is 0 Å². The van der Waals surface area contributed by atoms with E-state index in [0.717, 1.165) is 47.8 Å². The molecule has 1 aliphatic carbocycles. The van der Waals surface area contributed by atoms with Gasteiger partial charge < -0.3 is 21.4 Å². The highest BCUT2D eigenvalue weighted by Crippen LogP contribution is 2.35. The van der Waals surface area contributed by atoms with Crippen molar-refractivity contribution in [2.75, 3.05) is 11.1 Å². The molecular weight excluding hydrogens is 448 g/mol. The highest BCUT2D eigenvalue weighted by Gasteiger charge is 2.25. The Kier molecular flexibility index (Phi) is 6.11. The van der Waals surface area contributed by atoms with Gasteiger partial charge in [-0.15, -0.1) is 0 Å². The third kappa shape index (κ3) is 4.56. The second-order valence-electron chi connectivity index (χ2n) is 8.86. The number of aromatic amines is 1. The molecule has 1 saturated carbocycles. The molecule has 0 spiro atoms. The Hall–Kier alpha value is -3.58. The van der Waals surface area contributed by atoms with E-state index in [1.807, 2.05) is 25.1 Å². The quantitative estimate of drug-likeness (QED) is 0.292. The van der Waals surface area contributed by atoms with Crippen LogP contribution in [0.15, 0.2) is 54.7 Å². The van der Waals surface area contributed by atoms with Crippen LogP contribution < -0.4 is 16.4 Å². The summed E-state index contributed by atoms with van der Waals surface area (Å²) in [6, 6.07) is 15.3. The minimum Gasteiger partial charge on any atom is -0.399 e. The van der Waals surface area contributed by atoms with Crippen LogP contribution in [0.25, 0.3) is 22.2 Å². The Balaban J connectivity index is 1.31. The number of halogens is 1. The Bertz CT molecular complexity index is 1330. The van der Waals surface area contributed by atoms with Gasteiger partial charge in [0.25, 0.3) is 5.91 Å². The van der Waals surface area contributed by atoms with Crippen LogP contribution in [0.2, 0.25) is 5.02 Å². The summed E-state index contributed by atoms with van der Waals surface area (Å²) in [7, 11) is 0. The lowest BCUT2D eigenvalue weighted by Gasteiger charge is -2.30. The largest absolute Gasteiger partial charge is 0.399 e. The number of para-hydroxylation sites is 1. The summed E-state index contributed by atoms with van der Waals surface area (Å²) >= 11 is 6.53. The van der Waals surface area contributed by atoms with Crippen LogP contribution in [0.5, 0.6) is 0 Å². The topological polar surface area (TPSA) is 109 Å². The number of carbonyl (C=O) groups is 1. The Morgan fingerprint density at radius 3 is 2.71 bits per heavy atom. The standard InChI is InChI=1S/C26H27ClN6O/c1-15-23(20-7-2-3-8-22(20)30-15)24-21(27)14-29-26(33-24)32-19-6-4-5-18(13-19)31-25(34)16-9-11-17(28)12-10-16/h2-3,7-12,14,18-19,30H,4-6,13,28H2,1H3,(H,31,34)(H,29,32,33)/t18-,19?/m0/s1. The van der Waals surface area contributed by atoms with Gasteiger partial charge >= 0.3 is 0 Å². The van der Waals surface area contributed by atoms with Gasteiger partial charge in [-0.2, -0.15) is 0 Å². The lowest BCUT2D eigenvalue weighted by molar-refractivity contribution is 0.0926. The molecule has 2 aromatic carbocycles. The minimum atomic E-state index is -0.0782. The number of amides is 1. The van der Waals surface area contributed by atoms with E-state index in [2.05, 4.69) is 26.7 Å². The Morgan fingerprint density at radius 1 is 1.12 bits per heavy atom. The van der Waals surface area contributed by atoms with Crippen LogP contribution in [-0.2, 0) is 0 Å². The number of fused-ring (bicyclic) bond motifs is 1. The average Bonchev–Trinajstić information content (AvgIpc) is 3.16. The Labute approximate surface area is 203 Å². The molecule has 174 valence electrons. The molecule has 7 nitrogen and oxygen atoms in total. The van der Waals surface area contributed by atoms with Gasteiger partial charge in [0.15, 0.2) is 0 Å². The molecule has 1 amide bonds. The second kappa shape index (κ2) is 9.35. The molecular formula is C26H27ClN6O. The molecule has 2 heterocycles. The minimum absolute atomic E-state index is 0.0782. The van der Waals surface area contributed by atoms with E-state index >= 15 is 0 Å². The number of aryl methyl sites for hydroxylation is 1. The highest BCUT2D eigenvalue weighted by molar-refractivity contribution is 6.33. The first-order valence-electron chi connectivity index (χ1n) is 11.5. The molecule has 1 unspecified atom stereocenters. The first-order valence-corrected chi connectivity index (χ1v) is 11.9. The van der Waals surface area contributed by atoms with E-state index in [4.69, 9.17) is 22.3 Å². The van der Waals surface area contributed by atoms with Crippen LogP contribution in [0.3, 0.4) is 0 Å². The number of rotatable bonds is 5. The van der Waals surface area contributed by atoms with Gasteiger partial charge in [0.1, 0.15) is 0 Å². The third-order valence-electron chi connectivity index (χ3n) is 6.39. The van der Waals surface area contributed by atoms with E-state index in [1.54, 1.807) is 30.5 Å². The molecule has 1 aliphatic rings. The van der Waals surface area contributed by atoms with Gasteiger partial charge in [0.05, 0.1) is 16.9 Å². The molecule has 4 aromatic rings. The number of nitrogens with one attached hydrogen (secondary N) is 3. The SMILES string of the molecule is Cc1[nH]c2ccccc2c1-c1nc(NC2CCC[C@H](NC(=O)c3ccc(N)cc3)C2)ncc1Cl. The van der Waals surface area contributed by atoms with Crippen molar-refractivity contribution < 1.29 is 4.79 Å². The van der Waals surface area contributed by atoms with Gasteiger partial charge in [-0.05, 0) is 62.9 Å². The second-order valence-corrected chi connectivity index (χ2v) is 9.27. The summed E-state index contributed by atoms with van der Waals surface area (Å²) < 4.78 is 0. The zero-order valence-corrected chi connectivity index (χ0v) is 19.7. The number of anilines is 2. The van der Waals surface area contributed by atoms with Gasteiger partial charge in [-0.1, -0.05) is 29.8 Å². The lowest BCUT2D eigenvalue weighted by atomic mass is 9.91. The monoisotopic (exact) mass is 474 g/mol. The number of hydrogen-bond donors (Lipinski definition) is 4. The van der Waals surface area contributed by atoms with Gasteiger partial charge in [0.2, 0.25) is 5.95 Å². The molecule has 0 aliphatic heterocycles. The number of nitrogen functional groups attached to an aromatic ring is 1. The van der Waals surface area contributed by atoms with E-state index in [9.17, 15) is 4.79 Å². The van der Waals surface area contributed by atoms with E-state index in [-0.39, 0.29) is 18.0 Å². The van der Waals surface area contributed by atoms with Gasteiger partial charge in [-0.25, -0.2) is 9.97 Å². The van der Waals surface area contributed by atoms with Crippen LogP contribution in [0.4, 0.5) is 11.6 Å². The van der Waals surface area contributed by atoms with Crippen LogP contribution >= 0.6 is 11.6 Å². The smallest absolute Gasteiger partial charge is 0.251 e. The summed E-state index contributed by atoms with van der Waals surface area (Å²) in [4.78, 5) is 25.3. The van der Waals surface area contributed by atoms with Crippen molar-refractivity contribution in [1.29, 1.82) is 0 Å². The first-order chi connectivity index (χ1) is 16.5. The zero-order valence-electron chi connectivity index (χ0n) is 18.9. The highest BCUT2D eigenvalue weighted by atomic mass is 35.5. The Morgan fingerprint density at radius 2 is 1.88 bits per heavy atom. The number of nitrogens with zero attached hydrogens (tertiary/aromatic N) is 2. The molecule has 8 heteroatoms. The predicted molar refractivity (Wildman–Crippen MR) is 137 cm³/mol. The molecule has 2 atom stereocenters. The lowest BCUT2D eigenvalue weighted by Crippen LogP contribution is -2.42. The van der Waals surface area contributed by atoms with Crippen molar-refractivity contribution in [2.24, 2.45) is 0 Å². The maximum Gasteiger partial charge on any atom is 0.251 e. The van der Waals surface area contributed by atoms with Crippen molar-refractivity contribution >= 4 is 40.0 Å². The van der Waals surface area contributed by atoms with Crippen LogP contribution in [0.1, 0.15) is 41.7 Å². The van der Waals surface area contributed by atoms with E-state index in [0.29, 0.717) is 27.9 Å². The maximum absolute atomic E-state index is 12.6. The number of benzene rings is 2. The molecule has 0 bridgehead atoms. The zero-order chi connectivity index (χ0) is 23.7. The summed E-state index contributed by atoms with van der Waals surface area (Å²) in [6.07, 6.45) is 5.39. The summed E-state index contributed by atoms with van der Waals surface area (Å²) in [5, 5.41) is 8.21. The number of hydrogen-bond acceptors (Lipinski definition) is 5. The predicted octanol–water partition coefficient (Wildman–Crippen LogP) is 5.32. The fourth-order valence-electron chi connectivity index (χ4n) is 4.73. The van der Waals surface area contributed by atoms with Crippen molar-refractivity contribution in [2.45, 2.75) is 44.7 Å². The number of nitrogens with two attached hydrogens (primary N) is 1. The number of aromatic nitrogens is 3. The fourth-order valence-corrected chi connectivity index (χ4v) is 4.92. The van der Waals surface area contributed by atoms with Gasteiger partial charge in [-0.3, -0.25) is 4.79 Å². The maximum atomic E-state index is 12.6. The summed E-state index contributed by atoms with van der Waals surface area (Å²) in [6.45, 7) is 2.02. The van der Waals surface area contributed by atoms with Crippen molar-refractivity contribution in [1.82, 2.24) is 20.3 Å². The summed E-state index contributed by atoms with van der Waals surface area (Å²) in [5.74, 6) is 0.463. The molecule has 2 aromatic heterocycles. The normalized spacial score (nSPS) is 18.1. The molecule has 34 heavy (non-hydrogen) atoms. The van der Waals surface area contributed by atoms with E-state index in [1.165, 1.54) is 0 Å². The van der Waals surface area contributed by atoms with Crippen molar-refractivity contribution in [3.05, 3.63) is 71.0 Å². The first kappa shape index (κ1) is 22.2. The number of H-pyrrole nitrogens is 1. The van der Waals surface area contributed by atoms with Crippen LogP contribution in [0, 0.1) is 6.92 Å². The van der Waals surface area contributed by atoms with Gasteiger partial charge in [0, 0.05) is 45.5 Å². The van der Waals surface area contributed by atoms with E-state index < -0.39 is 0 Å². The summed E-state index contributed by atoms with van der Waals surface area (Å²) in [5.41, 5.74) is 10.7. The number of carbonyl (C=O) groups excluding carboxylic acids is 1. The fraction of sp³-hybridized carbons (Fsp3) is 0.269. The molecule has 0 radical (unpaired) electrons. The average molecular weight is 475 g/mol. The van der Waals surface area contributed by atoms with Crippen molar-refractivity contribution in [3.8, 4) is 11.3 Å². The third-order valence-corrected chi connectivity index (χ3v) is 6.67. The molecule has 5 N–H and O–H groups in total. The molecule has 5 rings (SSSR count). The van der Waals surface area contributed by atoms with Crippen LogP contribution in [-0.4, -0.2) is 32.9 Å². The molecule has 0 saturated heterocycles.